The van der Waals surface area contributed by atoms with Crippen LogP contribution in [-0.2, 0) is 14.3 Å². The first-order chi connectivity index (χ1) is 14.8. The Morgan fingerprint density at radius 1 is 0.903 bits per heavy atom. The first-order valence-electron chi connectivity index (χ1n) is 9.40. The van der Waals surface area contributed by atoms with Crippen LogP contribution in [0.25, 0.3) is 0 Å². The van der Waals surface area contributed by atoms with Crippen LogP contribution in [0.2, 0.25) is 0 Å². The number of aryl methyl sites for hydroxylation is 2. The molecular weight excluding hydrogens is 404 g/mol. The molecule has 0 aliphatic rings. The molecule has 2 aromatic rings. The van der Waals surface area contributed by atoms with Crippen LogP contribution in [0.1, 0.15) is 21.5 Å². The number of amides is 2. The molecular formula is C22H26N2O7. The Morgan fingerprint density at radius 3 is 2.10 bits per heavy atom. The van der Waals surface area contributed by atoms with E-state index in [0.29, 0.717) is 22.9 Å². The minimum atomic E-state index is -0.753. The van der Waals surface area contributed by atoms with Gasteiger partial charge in [-0.15, -0.1) is 0 Å². The average Bonchev–Trinajstić information content (AvgIpc) is 2.76. The minimum absolute atomic E-state index is 0.204. The van der Waals surface area contributed by atoms with Gasteiger partial charge in [0.2, 0.25) is 5.75 Å². The van der Waals surface area contributed by atoms with E-state index in [4.69, 9.17) is 18.9 Å². The molecule has 9 nitrogen and oxygen atoms in total. The Kier molecular flexibility index (Phi) is 8.25. The number of methoxy groups -OCH3 is 3. The Morgan fingerprint density at radius 2 is 1.55 bits per heavy atom. The van der Waals surface area contributed by atoms with Crippen LogP contribution in [0.15, 0.2) is 30.3 Å². The van der Waals surface area contributed by atoms with Crippen molar-refractivity contribution in [3.8, 4) is 17.2 Å². The van der Waals surface area contributed by atoms with Crippen LogP contribution in [0, 0.1) is 13.8 Å². The molecule has 0 atom stereocenters. The highest BCUT2D eigenvalue weighted by Gasteiger charge is 2.18. The van der Waals surface area contributed by atoms with Crippen molar-refractivity contribution >= 4 is 23.5 Å². The third-order valence-electron chi connectivity index (χ3n) is 4.34. The standard InChI is InChI=1S/C22H26N2O7/c1-13-6-7-16(14(2)8-13)24-19(25)12-31-20(26)11-23-22(27)15-9-17(28-3)21(30-5)18(10-15)29-4/h6-10H,11-12H2,1-5H3,(H,23,27)(H,24,25). The highest BCUT2D eigenvalue weighted by molar-refractivity contribution is 5.97. The normalized spacial score (nSPS) is 10.1. The van der Waals surface area contributed by atoms with Crippen LogP contribution >= 0.6 is 0 Å². The smallest absolute Gasteiger partial charge is 0.325 e. The average molecular weight is 430 g/mol. The van der Waals surface area contributed by atoms with Gasteiger partial charge in [0.05, 0.1) is 21.3 Å². The summed E-state index contributed by atoms with van der Waals surface area (Å²) in [5, 5.41) is 5.11. The fourth-order valence-corrected chi connectivity index (χ4v) is 2.80. The maximum absolute atomic E-state index is 12.4. The van der Waals surface area contributed by atoms with Crippen molar-refractivity contribution in [2.45, 2.75) is 13.8 Å². The van der Waals surface area contributed by atoms with Gasteiger partial charge in [0.25, 0.3) is 11.8 Å². The molecule has 0 aliphatic carbocycles. The van der Waals surface area contributed by atoms with Gasteiger partial charge in [0.1, 0.15) is 6.54 Å². The summed E-state index contributed by atoms with van der Waals surface area (Å²) in [5.41, 5.74) is 2.82. The summed E-state index contributed by atoms with van der Waals surface area (Å²) >= 11 is 0. The van der Waals surface area contributed by atoms with E-state index in [9.17, 15) is 14.4 Å². The first-order valence-corrected chi connectivity index (χ1v) is 9.40. The fraction of sp³-hybridized carbons (Fsp3) is 0.318. The number of hydrogen-bond acceptors (Lipinski definition) is 7. The van der Waals surface area contributed by atoms with Crippen molar-refractivity contribution < 1.29 is 33.3 Å². The zero-order valence-corrected chi connectivity index (χ0v) is 18.2. The van der Waals surface area contributed by atoms with Crippen LogP contribution < -0.4 is 24.8 Å². The molecule has 0 radical (unpaired) electrons. The van der Waals surface area contributed by atoms with Crippen molar-refractivity contribution in [2.24, 2.45) is 0 Å². The molecule has 2 rings (SSSR count). The zero-order chi connectivity index (χ0) is 23.0. The molecule has 0 saturated heterocycles. The summed E-state index contributed by atoms with van der Waals surface area (Å²) in [6, 6.07) is 8.49. The molecule has 9 heteroatoms. The summed E-state index contributed by atoms with van der Waals surface area (Å²) in [7, 11) is 4.31. The number of rotatable bonds is 9. The summed E-state index contributed by atoms with van der Waals surface area (Å²) in [6.45, 7) is 2.94. The predicted octanol–water partition coefficient (Wildman–Crippen LogP) is 2.24. The Labute approximate surface area is 180 Å². The van der Waals surface area contributed by atoms with Crippen molar-refractivity contribution in [1.82, 2.24) is 5.32 Å². The lowest BCUT2D eigenvalue weighted by Crippen LogP contribution is -2.32. The van der Waals surface area contributed by atoms with Crippen LogP contribution in [0.3, 0.4) is 0 Å². The van der Waals surface area contributed by atoms with E-state index >= 15 is 0 Å². The number of carbonyl (C=O) groups is 3. The third-order valence-corrected chi connectivity index (χ3v) is 4.34. The molecule has 2 aromatic carbocycles. The SMILES string of the molecule is COc1cc(C(=O)NCC(=O)OCC(=O)Nc2ccc(C)cc2C)cc(OC)c1OC. The molecule has 2 N–H and O–H groups in total. The van der Waals surface area contributed by atoms with E-state index in [0.717, 1.165) is 11.1 Å². The van der Waals surface area contributed by atoms with Crippen molar-refractivity contribution in [3.63, 3.8) is 0 Å². The second kappa shape index (κ2) is 10.9. The molecule has 0 aliphatic heterocycles. The monoisotopic (exact) mass is 430 g/mol. The Balaban J connectivity index is 1.88. The molecule has 0 saturated carbocycles. The fourth-order valence-electron chi connectivity index (χ4n) is 2.80. The molecule has 166 valence electrons. The number of anilines is 1. The number of ether oxygens (including phenoxy) is 4. The van der Waals surface area contributed by atoms with Crippen LogP contribution in [-0.4, -0.2) is 52.3 Å². The van der Waals surface area contributed by atoms with E-state index in [-0.39, 0.29) is 5.56 Å². The molecule has 31 heavy (non-hydrogen) atoms. The highest BCUT2D eigenvalue weighted by Crippen LogP contribution is 2.38. The first kappa shape index (κ1) is 23.5. The summed E-state index contributed by atoms with van der Waals surface area (Å²) < 4.78 is 20.5. The maximum Gasteiger partial charge on any atom is 0.325 e. The lowest BCUT2D eigenvalue weighted by atomic mass is 10.1. The van der Waals surface area contributed by atoms with Gasteiger partial charge >= 0.3 is 5.97 Å². The second-order valence-corrected chi connectivity index (χ2v) is 6.62. The largest absolute Gasteiger partial charge is 0.493 e. The topological polar surface area (TPSA) is 112 Å². The number of esters is 1. The van der Waals surface area contributed by atoms with Gasteiger partial charge < -0.3 is 29.6 Å². The number of hydrogen-bond donors (Lipinski definition) is 2. The van der Waals surface area contributed by atoms with E-state index in [1.54, 1.807) is 6.07 Å². The van der Waals surface area contributed by atoms with Crippen molar-refractivity contribution in [1.29, 1.82) is 0 Å². The molecule has 0 heterocycles. The van der Waals surface area contributed by atoms with Crippen molar-refractivity contribution in [2.75, 3.05) is 39.8 Å². The molecule has 0 spiro atoms. The molecule has 0 fully saturated rings. The molecule has 0 unspecified atom stereocenters. The lowest BCUT2D eigenvalue weighted by molar-refractivity contribution is -0.146. The maximum atomic E-state index is 12.4. The molecule has 0 aromatic heterocycles. The van der Waals surface area contributed by atoms with Gasteiger partial charge in [-0.2, -0.15) is 0 Å². The Hall–Kier alpha value is -3.75. The lowest BCUT2D eigenvalue weighted by Gasteiger charge is -2.14. The van der Waals surface area contributed by atoms with Gasteiger partial charge in [-0.1, -0.05) is 17.7 Å². The van der Waals surface area contributed by atoms with Crippen LogP contribution in [0.4, 0.5) is 5.69 Å². The second-order valence-electron chi connectivity index (χ2n) is 6.62. The van der Waals surface area contributed by atoms with E-state index in [1.807, 2.05) is 26.0 Å². The quantitative estimate of drug-likeness (QED) is 0.587. The Bertz CT molecular complexity index is 947. The predicted molar refractivity (Wildman–Crippen MR) is 114 cm³/mol. The molecule has 0 bridgehead atoms. The van der Waals surface area contributed by atoms with Crippen LogP contribution in [0.5, 0.6) is 17.2 Å². The summed E-state index contributed by atoms with van der Waals surface area (Å²) in [5.74, 6) is -0.824. The van der Waals surface area contributed by atoms with E-state index in [1.165, 1.54) is 33.5 Å². The van der Waals surface area contributed by atoms with Gasteiger partial charge in [-0.3, -0.25) is 14.4 Å². The number of carbonyl (C=O) groups excluding carboxylic acids is 3. The van der Waals surface area contributed by atoms with Gasteiger partial charge in [0.15, 0.2) is 18.1 Å². The highest BCUT2D eigenvalue weighted by atomic mass is 16.5. The zero-order valence-electron chi connectivity index (χ0n) is 18.2. The number of benzene rings is 2. The van der Waals surface area contributed by atoms with Gasteiger partial charge in [0, 0.05) is 11.3 Å². The third kappa shape index (κ3) is 6.36. The number of nitrogens with one attached hydrogen (secondary N) is 2. The molecule has 2 amide bonds. The van der Waals surface area contributed by atoms with Gasteiger partial charge in [-0.25, -0.2) is 0 Å². The van der Waals surface area contributed by atoms with E-state index < -0.39 is 30.9 Å². The van der Waals surface area contributed by atoms with Gasteiger partial charge in [-0.05, 0) is 37.6 Å². The summed E-state index contributed by atoms with van der Waals surface area (Å²) in [6.07, 6.45) is 0. The summed E-state index contributed by atoms with van der Waals surface area (Å²) in [4.78, 5) is 36.3. The van der Waals surface area contributed by atoms with E-state index in [2.05, 4.69) is 10.6 Å². The van der Waals surface area contributed by atoms with Crippen molar-refractivity contribution in [3.05, 3.63) is 47.0 Å². The minimum Gasteiger partial charge on any atom is -0.493 e.